The van der Waals surface area contributed by atoms with Crippen molar-refractivity contribution >= 4 is 24.6 Å². The quantitative estimate of drug-likeness (QED) is 0.188. The average molecular weight is 421 g/mol. The molecule has 0 atom stereocenters. The molecule has 0 aromatic carbocycles. The second-order valence-corrected chi connectivity index (χ2v) is 6.35. The van der Waals surface area contributed by atoms with Crippen LogP contribution >= 0.6 is 12.6 Å². The molecular formula is C22H44O5S. The summed E-state index contributed by atoms with van der Waals surface area (Å²) in [4.78, 5) is 20.0. The second kappa shape index (κ2) is 33.3. The van der Waals surface area contributed by atoms with Crippen molar-refractivity contribution in [1.82, 2.24) is 0 Å². The Kier molecular flexibility index (Phi) is 40.8. The first-order valence-corrected chi connectivity index (χ1v) is 10.5. The highest BCUT2D eigenvalue weighted by Crippen LogP contribution is 2.10. The van der Waals surface area contributed by atoms with Gasteiger partial charge in [-0.15, -0.1) is 0 Å². The van der Waals surface area contributed by atoms with E-state index in [0.29, 0.717) is 5.57 Å². The first kappa shape index (κ1) is 34.3. The number of hydrogen-bond acceptors (Lipinski definition) is 6. The minimum absolute atomic E-state index is 0.347. The largest absolute Gasteiger partial charge is 0.466 e. The van der Waals surface area contributed by atoms with Gasteiger partial charge in [0.2, 0.25) is 0 Å². The number of carbonyl (C=O) groups excluding carboxylic acids is 2. The van der Waals surface area contributed by atoms with Gasteiger partial charge in [-0.2, -0.15) is 12.6 Å². The zero-order valence-corrected chi connectivity index (χ0v) is 19.7. The third kappa shape index (κ3) is 39.7. The Morgan fingerprint density at radius 3 is 1.46 bits per heavy atom. The van der Waals surface area contributed by atoms with Crippen LogP contribution in [0.5, 0.6) is 0 Å². The van der Waals surface area contributed by atoms with E-state index >= 15 is 0 Å². The molecular weight excluding hydrogens is 376 g/mol. The van der Waals surface area contributed by atoms with E-state index in [1.165, 1.54) is 78.4 Å². The fourth-order valence-electron chi connectivity index (χ4n) is 1.86. The molecule has 5 nitrogen and oxygen atoms in total. The van der Waals surface area contributed by atoms with Crippen LogP contribution in [-0.2, 0) is 19.1 Å². The zero-order valence-electron chi connectivity index (χ0n) is 18.8. The standard InChI is InChI=1S/C12H26S.C5H8O2.C4H6O2.CH4O/c1-2-3-4-5-6-7-8-9-10-11-12-13;1-4(2)5(6)7-3;1-3-4(5)6-2;1-2/h13H,2-12H2,1H3;1H2,2-3H3;3H,1H2,2H3;2H,1H3. The number of hydrogen-bond donors (Lipinski definition) is 2. The van der Waals surface area contributed by atoms with Gasteiger partial charge in [0.1, 0.15) is 0 Å². The first-order chi connectivity index (χ1) is 13.4. The summed E-state index contributed by atoms with van der Waals surface area (Å²) in [7, 11) is 3.64. The molecule has 28 heavy (non-hydrogen) atoms. The van der Waals surface area contributed by atoms with Crippen LogP contribution in [0.4, 0.5) is 0 Å². The maximum Gasteiger partial charge on any atom is 0.332 e. The SMILES string of the molecule is C=C(C)C(=O)OC.C=CC(=O)OC.CCCCCCCCCCCCS.CO. The van der Waals surface area contributed by atoms with Crippen molar-refractivity contribution < 1.29 is 24.2 Å². The monoisotopic (exact) mass is 420 g/mol. The van der Waals surface area contributed by atoms with Crippen LogP contribution in [0.15, 0.2) is 24.8 Å². The molecule has 0 aliphatic heterocycles. The molecule has 0 heterocycles. The van der Waals surface area contributed by atoms with Crippen LogP contribution in [0, 0.1) is 0 Å². The molecule has 0 unspecified atom stereocenters. The highest BCUT2D eigenvalue weighted by Gasteiger charge is 1.95. The normalized spacial score (nSPS) is 8.54. The smallest absolute Gasteiger partial charge is 0.332 e. The van der Waals surface area contributed by atoms with Crippen LogP contribution in [0.2, 0.25) is 0 Å². The van der Waals surface area contributed by atoms with Gasteiger partial charge < -0.3 is 14.6 Å². The van der Waals surface area contributed by atoms with Crippen molar-refractivity contribution in [2.45, 2.75) is 78.1 Å². The minimum Gasteiger partial charge on any atom is -0.466 e. The fourth-order valence-corrected chi connectivity index (χ4v) is 2.08. The van der Waals surface area contributed by atoms with Crippen LogP contribution in [0.1, 0.15) is 78.1 Å². The summed E-state index contributed by atoms with van der Waals surface area (Å²) in [5.41, 5.74) is 0.433. The summed E-state index contributed by atoms with van der Waals surface area (Å²) < 4.78 is 8.42. The van der Waals surface area contributed by atoms with Gasteiger partial charge in [0.25, 0.3) is 0 Å². The third-order valence-corrected chi connectivity index (χ3v) is 3.73. The van der Waals surface area contributed by atoms with E-state index < -0.39 is 5.97 Å². The Bertz CT molecular complexity index is 347. The van der Waals surface area contributed by atoms with Crippen LogP contribution < -0.4 is 0 Å². The highest BCUT2D eigenvalue weighted by atomic mass is 32.1. The Morgan fingerprint density at radius 1 is 0.893 bits per heavy atom. The summed E-state index contributed by atoms with van der Waals surface area (Å²) in [5.74, 6) is 0.325. The van der Waals surface area contributed by atoms with Gasteiger partial charge in [-0.1, -0.05) is 77.9 Å². The van der Waals surface area contributed by atoms with E-state index in [4.69, 9.17) is 5.11 Å². The lowest BCUT2D eigenvalue weighted by Crippen LogP contribution is -1.98. The third-order valence-electron chi connectivity index (χ3n) is 3.41. The van der Waals surface area contributed by atoms with Gasteiger partial charge >= 0.3 is 11.9 Å². The Balaban J connectivity index is -0.000000162. The van der Waals surface area contributed by atoms with Crippen LogP contribution in [0.25, 0.3) is 0 Å². The number of aliphatic hydroxyl groups is 1. The van der Waals surface area contributed by atoms with Crippen molar-refractivity contribution in [3.63, 3.8) is 0 Å². The van der Waals surface area contributed by atoms with Crippen LogP contribution in [0.3, 0.4) is 0 Å². The highest BCUT2D eigenvalue weighted by molar-refractivity contribution is 7.80. The summed E-state index contributed by atoms with van der Waals surface area (Å²) >= 11 is 4.20. The van der Waals surface area contributed by atoms with Gasteiger partial charge in [-0.05, 0) is 19.1 Å². The van der Waals surface area contributed by atoms with Crippen molar-refractivity contribution in [2.75, 3.05) is 27.1 Å². The number of unbranched alkanes of at least 4 members (excludes halogenated alkanes) is 9. The Hall–Kier alpha value is -1.27. The number of esters is 2. The maximum atomic E-state index is 10.2. The van der Waals surface area contributed by atoms with E-state index in [-0.39, 0.29) is 5.97 Å². The predicted octanol–water partition coefficient (Wildman–Crippen LogP) is 5.53. The number of rotatable bonds is 12. The average Bonchev–Trinajstić information content (AvgIpc) is 2.73. The van der Waals surface area contributed by atoms with Crippen LogP contribution in [-0.4, -0.2) is 44.1 Å². The molecule has 0 saturated heterocycles. The van der Waals surface area contributed by atoms with E-state index in [2.05, 4.69) is 42.2 Å². The van der Waals surface area contributed by atoms with Gasteiger partial charge in [-0.25, -0.2) is 9.59 Å². The lowest BCUT2D eigenvalue weighted by Gasteiger charge is -2.00. The van der Waals surface area contributed by atoms with E-state index in [9.17, 15) is 9.59 Å². The Morgan fingerprint density at radius 2 is 1.29 bits per heavy atom. The Labute approximate surface area is 179 Å². The van der Waals surface area contributed by atoms with Gasteiger partial charge in [0.05, 0.1) is 14.2 Å². The lowest BCUT2D eigenvalue weighted by molar-refractivity contribution is -0.136. The number of thiol groups is 1. The van der Waals surface area contributed by atoms with Crippen molar-refractivity contribution in [3.05, 3.63) is 24.8 Å². The molecule has 0 spiro atoms. The molecule has 6 heteroatoms. The molecule has 0 radical (unpaired) electrons. The molecule has 0 rings (SSSR count). The molecule has 0 aromatic heterocycles. The van der Waals surface area contributed by atoms with Crippen molar-refractivity contribution in [3.8, 4) is 0 Å². The molecule has 0 saturated carbocycles. The number of ether oxygens (including phenoxy) is 2. The van der Waals surface area contributed by atoms with Gasteiger partial charge in [-0.3, -0.25) is 0 Å². The minimum atomic E-state index is -0.394. The fraction of sp³-hybridized carbons (Fsp3) is 0.727. The molecule has 1 N–H and O–H groups in total. The summed E-state index contributed by atoms with van der Waals surface area (Å²) in [6.07, 6.45) is 15.3. The number of methoxy groups -OCH3 is 2. The summed E-state index contributed by atoms with van der Waals surface area (Å²) in [6, 6.07) is 0. The molecule has 0 aliphatic rings. The van der Waals surface area contributed by atoms with E-state index in [1.807, 2.05) is 0 Å². The predicted molar refractivity (Wildman–Crippen MR) is 123 cm³/mol. The van der Waals surface area contributed by atoms with E-state index in [1.54, 1.807) is 6.92 Å². The molecule has 0 fully saturated rings. The lowest BCUT2D eigenvalue weighted by atomic mass is 10.1. The second-order valence-electron chi connectivity index (χ2n) is 5.90. The maximum absolute atomic E-state index is 10.2. The molecule has 168 valence electrons. The first-order valence-electron chi connectivity index (χ1n) is 9.90. The summed E-state index contributed by atoms with van der Waals surface area (Å²) in [5, 5.41) is 7.00. The summed E-state index contributed by atoms with van der Waals surface area (Å²) in [6.45, 7) is 10.4. The molecule has 0 aliphatic carbocycles. The number of aliphatic hydroxyl groups excluding tert-OH is 1. The van der Waals surface area contributed by atoms with Crippen molar-refractivity contribution in [1.29, 1.82) is 0 Å². The van der Waals surface area contributed by atoms with E-state index in [0.717, 1.165) is 18.9 Å². The molecule has 0 aromatic rings. The van der Waals surface area contributed by atoms with Gasteiger partial charge in [0.15, 0.2) is 0 Å². The molecule has 0 bridgehead atoms. The van der Waals surface area contributed by atoms with Crippen molar-refractivity contribution in [2.24, 2.45) is 0 Å². The number of carbonyl (C=O) groups is 2. The topological polar surface area (TPSA) is 72.8 Å². The molecule has 0 amide bonds. The zero-order chi connectivity index (χ0) is 22.6. The van der Waals surface area contributed by atoms with Gasteiger partial charge in [0, 0.05) is 18.8 Å².